The average Bonchev–Trinajstić information content (AvgIpc) is 3.08. The van der Waals surface area contributed by atoms with Gasteiger partial charge in [0.15, 0.2) is 0 Å². The highest BCUT2D eigenvalue weighted by atomic mass is 15.3. The molecule has 3 aromatic heterocycles. The minimum Gasteiger partial charge on any atom is -0.354 e. The predicted octanol–water partition coefficient (Wildman–Crippen LogP) is 3.84. The number of piperazine rings is 1. The Morgan fingerprint density at radius 3 is 2.67 bits per heavy atom. The van der Waals surface area contributed by atoms with Gasteiger partial charge in [-0.15, -0.1) is 0 Å². The molecule has 6 rings (SSSR count). The zero-order chi connectivity index (χ0) is 24.5. The molecular formula is C28H30N8. The summed E-state index contributed by atoms with van der Waals surface area (Å²) in [5, 5.41) is 9.18. The van der Waals surface area contributed by atoms with Crippen molar-refractivity contribution in [1.29, 1.82) is 0 Å². The Kier molecular flexibility index (Phi) is 6.04. The van der Waals surface area contributed by atoms with Gasteiger partial charge in [0.05, 0.1) is 17.6 Å². The van der Waals surface area contributed by atoms with Crippen molar-refractivity contribution in [1.82, 2.24) is 30.2 Å². The van der Waals surface area contributed by atoms with Crippen LogP contribution in [0.4, 0.5) is 17.5 Å². The summed E-state index contributed by atoms with van der Waals surface area (Å²) in [6.07, 6.45) is 9.77. The second-order valence-electron chi connectivity index (χ2n) is 9.56. The highest BCUT2D eigenvalue weighted by Gasteiger charge is 2.19. The molecule has 0 unspecified atom stereocenters. The lowest BCUT2D eigenvalue weighted by Crippen LogP contribution is -2.44. The monoisotopic (exact) mass is 478 g/mol. The summed E-state index contributed by atoms with van der Waals surface area (Å²) < 4.78 is 0. The second kappa shape index (κ2) is 9.64. The molecule has 0 aliphatic carbocycles. The van der Waals surface area contributed by atoms with Crippen molar-refractivity contribution < 1.29 is 0 Å². The third kappa shape index (κ3) is 4.65. The molecule has 2 N–H and O–H groups in total. The van der Waals surface area contributed by atoms with E-state index in [1.165, 1.54) is 5.39 Å². The van der Waals surface area contributed by atoms with Gasteiger partial charge < -0.3 is 20.4 Å². The van der Waals surface area contributed by atoms with E-state index >= 15 is 0 Å². The van der Waals surface area contributed by atoms with Gasteiger partial charge >= 0.3 is 0 Å². The lowest BCUT2D eigenvalue weighted by molar-refractivity contribution is 0.312. The molecule has 0 spiro atoms. The first-order chi connectivity index (χ1) is 17.6. The number of hydrogen-bond acceptors (Lipinski definition) is 8. The molecular weight excluding hydrogens is 448 g/mol. The Morgan fingerprint density at radius 2 is 1.83 bits per heavy atom. The first-order valence-electron chi connectivity index (χ1n) is 12.4. The van der Waals surface area contributed by atoms with Crippen LogP contribution in [-0.4, -0.2) is 64.1 Å². The zero-order valence-electron chi connectivity index (χ0n) is 20.6. The van der Waals surface area contributed by atoms with Crippen molar-refractivity contribution in [2.24, 2.45) is 0 Å². The van der Waals surface area contributed by atoms with Crippen LogP contribution in [0.1, 0.15) is 23.7 Å². The number of rotatable bonds is 4. The molecule has 4 aromatic rings. The Morgan fingerprint density at radius 1 is 0.944 bits per heavy atom. The summed E-state index contributed by atoms with van der Waals surface area (Å²) in [6.45, 7) is 6.95. The molecule has 36 heavy (non-hydrogen) atoms. The van der Waals surface area contributed by atoms with E-state index in [0.29, 0.717) is 12.5 Å². The van der Waals surface area contributed by atoms with Crippen LogP contribution in [0.5, 0.6) is 0 Å². The highest BCUT2D eigenvalue weighted by molar-refractivity contribution is 5.89. The molecule has 2 aliphatic heterocycles. The second-order valence-corrected chi connectivity index (χ2v) is 9.56. The summed E-state index contributed by atoms with van der Waals surface area (Å²) in [7, 11) is 2.16. The van der Waals surface area contributed by atoms with Gasteiger partial charge in [-0.25, -0.2) is 15.0 Å². The molecule has 1 saturated heterocycles. The van der Waals surface area contributed by atoms with Crippen LogP contribution < -0.4 is 15.5 Å². The fraction of sp³-hybridized carbons (Fsp3) is 0.286. The minimum atomic E-state index is 0.213. The van der Waals surface area contributed by atoms with Crippen LogP contribution in [0, 0.1) is 0 Å². The molecule has 1 atom stereocenters. The first kappa shape index (κ1) is 22.6. The third-order valence-electron chi connectivity index (χ3n) is 6.95. The Bertz CT molecular complexity index is 1410. The summed E-state index contributed by atoms with van der Waals surface area (Å²) in [5.74, 6) is 1.58. The van der Waals surface area contributed by atoms with Gasteiger partial charge in [0, 0.05) is 68.3 Å². The highest BCUT2D eigenvalue weighted by Crippen LogP contribution is 2.31. The van der Waals surface area contributed by atoms with Crippen LogP contribution in [0.2, 0.25) is 0 Å². The molecule has 0 saturated carbocycles. The minimum absolute atomic E-state index is 0.213. The van der Waals surface area contributed by atoms with E-state index in [-0.39, 0.29) is 6.04 Å². The summed E-state index contributed by atoms with van der Waals surface area (Å²) in [4.78, 5) is 23.1. The Labute approximate surface area is 211 Å². The van der Waals surface area contributed by atoms with Gasteiger partial charge in [-0.1, -0.05) is 18.2 Å². The smallest absolute Gasteiger partial charge is 0.227 e. The molecule has 5 heterocycles. The van der Waals surface area contributed by atoms with Crippen LogP contribution in [0.15, 0.2) is 67.3 Å². The number of nitrogens with one attached hydrogen (secondary N) is 2. The molecule has 0 bridgehead atoms. The maximum absolute atomic E-state index is 4.88. The van der Waals surface area contributed by atoms with Crippen molar-refractivity contribution in [2.45, 2.75) is 19.5 Å². The lowest BCUT2D eigenvalue weighted by Gasteiger charge is -2.33. The summed E-state index contributed by atoms with van der Waals surface area (Å²) in [6, 6.07) is 12.9. The van der Waals surface area contributed by atoms with Gasteiger partial charge in [0.1, 0.15) is 5.82 Å². The number of benzene rings is 1. The lowest BCUT2D eigenvalue weighted by atomic mass is 9.95. The van der Waals surface area contributed by atoms with E-state index in [9.17, 15) is 0 Å². The van der Waals surface area contributed by atoms with E-state index in [0.717, 1.165) is 65.5 Å². The third-order valence-corrected chi connectivity index (χ3v) is 6.95. The Hall–Kier alpha value is -3.88. The van der Waals surface area contributed by atoms with Gasteiger partial charge in [0.2, 0.25) is 5.95 Å². The molecule has 2 aliphatic rings. The molecule has 8 heteroatoms. The van der Waals surface area contributed by atoms with Crippen molar-refractivity contribution in [3.8, 4) is 0 Å². The SMILES string of the molecule is C[C@@H]1C=C(c2ccc3cnccc3c2)c2cnc(Nc3ccc(N4CCN(C)CC4)nc3)nc2CN1. The van der Waals surface area contributed by atoms with Crippen molar-refractivity contribution in [3.63, 3.8) is 0 Å². The number of likely N-dealkylation sites (N-methyl/N-ethyl adjacent to an activating group) is 1. The van der Waals surface area contributed by atoms with E-state index in [4.69, 9.17) is 4.98 Å². The molecule has 182 valence electrons. The van der Waals surface area contributed by atoms with Gasteiger partial charge in [-0.05, 0) is 54.8 Å². The van der Waals surface area contributed by atoms with Gasteiger partial charge in [-0.2, -0.15) is 0 Å². The number of pyridine rings is 2. The molecule has 0 radical (unpaired) electrons. The van der Waals surface area contributed by atoms with E-state index < -0.39 is 0 Å². The number of nitrogens with zero attached hydrogens (tertiary/aromatic N) is 6. The number of hydrogen-bond donors (Lipinski definition) is 2. The fourth-order valence-corrected chi connectivity index (χ4v) is 4.81. The van der Waals surface area contributed by atoms with Crippen molar-refractivity contribution >= 4 is 33.8 Å². The van der Waals surface area contributed by atoms with Crippen LogP contribution >= 0.6 is 0 Å². The van der Waals surface area contributed by atoms with Crippen molar-refractivity contribution in [3.05, 3.63) is 84.1 Å². The quantitative estimate of drug-likeness (QED) is 0.458. The summed E-state index contributed by atoms with van der Waals surface area (Å²) >= 11 is 0. The van der Waals surface area contributed by atoms with Crippen molar-refractivity contribution in [2.75, 3.05) is 43.4 Å². The van der Waals surface area contributed by atoms with Crippen LogP contribution in [0.25, 0.3) is 16.3 Å². The first-order valence-corrected chi connectivity index (χ1v) is 12.4. The number of aromatic nitrogens is 4. The van der Waals surface area contributed by atoms with Gasteiger partial charge in [0.25, 0.3) is 0 Å². The summed E-state index contributed by atoms with van der Waals surface area (Å²) in [5.41, 5.74) is 5.19. The molecule has 0 amide bonds. The number of fused-ring (bicyclic) bond motifs is 2. The molecule has 1 aromatic carbocycles. The van der Waals surface area contributed by atoms with E-state index in [1.807, 2.05) is 36.9 Å². The van der Waals surface area contributed by atoms with Crippen LogP contribution in [-0.2, 0) is 6.54 Å². The van der Waals surface area contributed by atoms with E-state index in [1.54, 1.807) is 0 Å². The maximum Gasteiger partial charge on any atom is 0.227 e. The maximum atomic E-state index is 4.88. The number of anilines is 3. The largest absolute Gasteiger partial charge is 0.354 e. The molecule has 1 fully saturated rings. The van der Waals surface area contributed by atoms with Gasteiger partial charge in [-0.3, -0.25) is 4.98 Å². The standard InChI is InChI=1S/C28H30N8/c1-19-13-24(21-3-4-22-15-29-8-7-20(22)14-21)25-17-32-28(34-26(25)18-30-19)33-23-5-6-27(31-16-23)36-11-9-35(2)10-12-36/h3-8,13-17,19,30H,9-12,18H2,1-2H3,(H,32,33,34)/t19-/m1/s1. The van der Waals surface area contributed by atoms with Crippen LogP contribution in [0.3, 0.4) is 0 Å². The predicted molar refractivity (Wildman–Crippen MR) is 144 cm³/mol. The fourth-order valence-electron chi connectivity index (χ4n) is 4.81. The average molecular weight is 479 g/mol. The van der Waals surface area contributed by atoms with E-state index in [2.05, 4.69) is 79.7 Å². The molecule has 8 nitrogen and oxygen atoms in total. The normalized spacial score (nSPS) is 18.4. The zero-order valence-corrected chi connectivity index (χ0v) is 20.6. The Balaban J connectivity index is 1.25. The topological polar surface area (TPSA) is 82.1 Å².